The SMILES string of the molecule is CC(C)(C)N1C[C@@H]2[C@H](O)C[C@]2(C)C1. The molecule has 3 atom stereocenters. The van der Waals surface area contributed by atoms with E-state index in [1.165, 1.54) is 0 Å². The molecule has 0 aromatic carbocycles. The van der Waals surface area contributed by atoms with E-state index in [2.05, 4.69) is 32.6 Å². The number of hydrogen-bond donors (Lipinski definition) is 1. The first-order valence-electron chi connectivity index (χ1n) is 5.26. The van der Waals surface area contributed by atoms with Crippen molar-refractivity contribution < 1.29 is 5.11 Å². The van der Waals surface area contributed by atoms with E-state index in [4.69, 9.17) is 0 Å². The first kappa shape index (κ1) is 9.47. The minimum atomic E-state index is -0.0302. The van der Waals surface area contributed by atoms with Gasteiger partial charge in [0.15, 0.2) is 0 Å². The van der Waals surface area contributed by atoms with E-state index in [9.17, 15) is 5.11 Å². The molecule has 0 aromatic rings. The van der Waals surface area contributed by atoms with E-state index in [1.807, 2.05) is 0 Å². The molecule has 1 aliphatic heterocycles. The van der Waals surface area contributed by atoms with Gasteiger partial charge in [-0.05, 0) is 32.6 Å². The fraction of sp³-hybridized carbons (Fsp3) is 1.00. The summed E-state index contributed by atoms with van der Waals surface area (Å²) in [6.45, 7) is 11.3. The third kappa shape index (κ3) is 1.31. The average Bonchev–Trinajstić information content (AvgIpc) is 2.21. The van der Waals surface area contributed by atoms with Crippen molar-refractivity contribution >= 4 is 0 Å². The van der Waals surface area contributed by atoms with Gasteiger partial charge in [-0.15, -0.1) is 0 Å². The molecule has 2 heteroatoms. The Balaban J connectivity index is 2.09. The Labute approximate surface area is 80.9 Å². The van der Waals surface area contributed by atoms with Crippen LogP contribution in [0.2, 0.25) is 0 Å². The summed E-state index contributed by atoms with van der Waals surface area (Å²) < 4.78 is 0. The van der Waals surface area contributed by atoms with Crippen LogP contribution in [0.1, 0.15) is 34.1 Å². The monoisotopic (exact) mass is 183 g/mol. The fourth-order valence-electron chi connectivity index (χ4n) is 2.85. The van der Waals surface area contributed by atoms with E-state index < -0.39 is 0 Å². The molecule has 2 nitrogen and oxygen atoms in total. The Morgan fingerprint density at radius 1 is 1.38 bits per heavy atom. The maximum Gasteiger partial charge on any atom is 0.0592 e. The standard InChI is InChI=1S/C11H21NO/c1-10(2,3)12-6-8-9(13)5-11(8,4)7-12/h8-9,13H,5-7H2,1-4H3/t8-,9-,11-/m1/s1. The van der Waals surface area contributed by atoms with Crippen LogP contribution in [0.5, 0.6) is 0 Å². The van der Waals surface area contributed by atoms with Crippen molar-refractivity contribution in [2.45, 2.75) is 45.8 Å². The van der Waals surface area contributed by atoms with Gasteiger partial charge in [0.2, 0.25) is 0 Å². The Hall–Kier alpha value is -0.0800. The summed E-state index contributed by atoms with van der Waals surface area (Å²) >= 11 is 0. The quantitative estimate of drug-likeness (QED) is 0.615. The summed E-state index contributed by atoms with van der Waals surface area (Å²) in [5.41, 5.74) is 0.673. The van der Waals surface area contributed by atoms with Gasteiger partial charge >= 0.3 is 0 Å². The number of rotatable bonds is 0. The first-order valence-corrected chi connectivity index (χ1v) is 5.26. The molecular formula is C11H21NO. The highest BCUT2D eigenvalue weighted by Crippen LogP contribution is 2.52. The van der Waals surface area contributed by atoms with Gasteiger partial charge in [-0.25, -0.2) is 0 Å². The number of likely N-dealkylation sites (tertiary alicyclic amines) is 1. The summed E-state index contributed by atoms with van der Waals surface area (Å²) in [4.78, 5) is 2.51. The second-order valence-electron chi connectivity index (χ2n) is 6.08. The molecule has 1 saturated heterocycles. The predicted octanol–water partition coefficient (Wildman–Crippen LogP) is 1.49. The molecule has 1 aliphatic carbocycles. The zero-order chi connectivity index (χ0) is 9.85. The maximum atomic E-state index is 9.64. The molecule has 1 saturated carbocycles. The Morgan fingerprint density at radius 2 is 2.00 bits per heavy atom. The zero-order valence-electron chi connectivity index (χ0n) is 9.17. The van der Waals surface area contributed by atoms with Gasteiger partial charge in [0.1, 0.15) is 0 Å². The first-order chi connectivity index (χ1) is 5.83. The lowest BCUT2D eigenvalue weighted by Crippen LogP contribution is -2.48. The summed E-state index contributed by atoms with van der Waals surface area (Å²) in [5.74, 6) is 0.534. The summed E-state index contributed by atoms with van der Waals surface area (Å²) in [6, 6.07) is 0. The lowest BCUT2D eigenvalue weighted by atomic mass is 9.61. The molecule has 2 rings (SSSR count). The lowest BCUT2D eigenvalue weighted by Gasteiger charge is -2.45. The zero-order valence-corrected chi connectivity index (χ0v) is 9.17. The third-order valence-electron chi connectivity index (χ3n) is 3.95. The number of aliphatic hydroxyl groups excluding tert-OH is 1. The molecule has 2 fully saturated rings. The minimum absolute atomic E-state index is 0.0302. The van der Waals surface area contributed by atoms with Crippen LogP contribution in [0.3, 0.4) is 0 Å². The van der Waals surface area contributed by atoms with Gasteiger partial charge < -0.3 is 5.11 Å². The van der Waals surface area contributed by atoms with Gasteiger partial charge in [0.25, 0.3) is 0 Å². The van der Waals surface area contributed by atoms with Gasteiger partial charge in [-0.2, -0.15) is 0 Å². The molecule has 0 radical (unpaired) electrons. The van der Waals surface area contributed by atoms with E-state index in [-0.39, 0.29) is 11.6 Å². The molecule has 0 spiro atoms. The van der Waals surface area contributed by atoms with Crippen molar-refractivity contribution in [3.63, 3.8) is 0 Å². The van der Waals surface area contributed by atoms with Crippen LogP contribution in [0.15, 0.2) is 0 Å². The predicted molar refractivity (Wildman–Crippen MR) is 53.5 cm³/mol. The largest absolute Gasteiger partial charge is 0.393 e. The highest BCUT2D eigenvalue weighted by atomic mass is 16.3. The number of fused-ring (bicyclic) bond motifs is 1. The number of nitrogens with zero attached hydrogens (tertiary/aromatic N) is 1. The summed E-state index contributed by atoms with van der Waals surface area (Å²) in [5, 5.41) is 9.64. The molecule has 0 amide bonds. The minimum Gasteiger partial charge on any atom is -0.393 e. The molecule has 13 heavy (non-hydrogen) atoms. The van der Waals surface area contributed by atoms with Gasteiger partial charge in [-0.3, -0.25) is 4.90 Å². The molecular weight excluding hydrogens is 162 g/mol. The van der Waals surface area contributed by atoms with Crippen molar-refractivity contribution in [1.29, 1.82) is 0 Å². The smallest absolute Gasteiger partial charge is 0.0592 e. The van der Waals surface area contributed by atoms with Crippen molar-refractivity contribution in [1.82, 2.24) is 4.90 Å². The fourth-order valence-corrected chi connectivity index (χ4v) is 2.85. The molecule has 0 bridgehead atoms. The Kier molecular flexibility index (Phi) is 1.81. The van der Waals surface area contributed by atoms with Crippen molar-refractivity contribution in [3.8, 4) is 0 Å². The van der Waals surface area contributed by atoms with E-state index in [1.54, 1.807) is 0 Å². The maximum absolute atomic E-state index is 9.64. The second-order valence-corrected chi connectivity index (χ2v) is 6.08. The molecule has 0 aromatic heterocycles. The van der Waals surface area contributed by atoms with Gasteiger partial charge in [0, 0.05) is 24.5 Å². The van der Waals surface area contributed by atoms with E-state index >= 15 is 0 Å². The van der Waals surface area contributed by atoms with Crippen LogP contribution in [0, 0.1) is 11.3 Å². The van der Waals surface area contributed by atoms with Crippen molar-refractivity contribution in [2.75, 3.05) is 13.1 Å². The Bertz CT molecular complexity index is 221. The van der Waals surface area contributed by atoms with Gasteiger partial charge in [0.05, 0.1) is 6.10 Å². The second kappa shape index (κ2) is 2.48. The van der Waals surface area contributed by atoms with Crippen molar-refractivity contribution in [3.05, 3.63) is 0 Å². The van der Waals surface area contributed by atoms with E-state index in [0.29, 0.717) is 11.3 Å². The molecule has 0 unspecified atom stereocenters. The van der Waals surface area contributed by atoms with Crippen molar-refractivity contribution in [2.24, 2.45) is 11.3 Å². The van der Waals surface area contributed by atoms with E-state index in [0.717, 1.165) is 19.5 Å². The lowest BCUT2D eigenvalue weighted by molar-refractivity contribution is -0.0639. The average molecular weight is 183 g/mol. The highest BCUT2D eigenvalue weighted by molar-refractivity contribution is 5.08. The number of hydrogen-bond acceptors (Lipinski definition) is 2. The number of aliphatic hydroxyl groups is 1. The molecule has 76 valence electrons. The van der Waals surface area contributed by atoms with Crippen LogP contribution < -0.4 is 0 Å². The summed E-state index contributed by atoms with van der Waals surface area (Å²) in [7, 11) is 0. The molecule has 1 heterocycles. The normalized spacial score (nSPS) is 45.9. The van der Waals surface area contributed by atoms with Crippen LogP contribution in [0.25, 0.3) is 0 Å². The van der Waals surface area contributed by atoms with Crippen LogP contribution in [-0.4, -0.2) is 34.7 Å². The highest BCUT2D eigenvalue weighted by Gasteiger charge is 2.56. The molecule has 2 aliphatic rings. The van der Waals surface area contributed by atoms with Crippen LogP contribution in [-0.2, 0) is 0 Å². The third-order valence-corrected chi connectivity index (χ3v) is 3.95. The molecule has 1 N–H and O–H groups in total. The Morgan fingerprint density at radius 3 is 2.38 bits per heavy atom. The van der Waals surface area contributed by atoms with Crippen LogP contribution in [0.4, 0.5) is 0 Å². The van der Waals surface area contributed by atoms with Gasteiger partial charge in [-0.1, -0.05) is 6.92 Å². The topological polar surface area (TPSA) is 23.5 Å². The van der Waals surface area contributed by atoms with Crippen LogP contribution >= 0.6 is 0 Å². The summed E-state index contributed by atoms with van der Waals surface area (Å²) in [6.07, 6.45) is 0.974.